The largest absolute Gasteiger partial charge is 0.325 e. The number of carbonyl (C=O) groups is 1. The average molecular weight is 481 g/mol. The number of para-hydroxylation sites is 1. The second-order valence-corrected chi connectivity index (χ2v) is 8.48. The Morgan fingerprint density at radius 1 is 1.15 bits per heavy atom. The Morgan fingerprint density at radius 3 is 2.70 bits per heavy atom. The van der Waals surface area contributed by atoms with E-state index in [9.17, 15) is 19.7 Å². The molecule has 4 rings (SSSR count). The first-order valence-electron chi connectivity index (χ1n) is 9.79. The van der Waals surface area contributed by atoms with Crippen LogP contribution in [0.25, 0.3) is 16.6 Å². The summed E-state index contributed by atoms with van der Waals surface area (Å²) in [6.07, 6.45) is 0. The van der Waals surface area contributed by atoms with Crippen LogP contribution >= 0.6 is 23.4 Å². The number of nitro groups is 1. The molecule has 1 heterocycles. The van der Waals surface area contributed by atoms with Crippen LogP contribution in [0.1, 0.15) is 5.56 Å². The summed E-state index contributed by atoms with van der Waals surface area (Å²) >= 11 is 7.37. The third-order valence-corrected chi connectivity index (χ3v) is 6.18. The Bertz CT molecular complexity index is 1450. The quantitative estimate of drug-likeness (QED) is 0.180. The topological polar surface area (TPSA) is 107 Å². The van der Waals surface area contributed by atoms with Crippen LogP contribution in [0, 0.1) is 17.0 Å². The minimum atomic E-state index is -0.533. The Labute approximate surface area is 197 Å². The van der Waals surface area contributed by atoms with E-state index in [4.69, 9.17) is 11.6 Å². The molecule has 0 spiro atoms. The number of amides is 1. The van der Waals surface area contributed by atoms with Gasteiger partial charge >= 0.3 is 0 Å². The van der Waals surface area contributed by atoms with Gasteiger partial charge in [0.25, 0.3) is 11.2 Å². The van der Waals surface area contributed by atoms with E-state index in [1.54, 1.807) is 42.5 Å². The number of hydrogen-bond donors (Lipinski definition) is 1. The minimum absolute atomic E-state index is 0.0624. The number of hydrogen-bond acceptors (Lipinski definition) is 6. The molecule has 3 aromatic carbocycles. The summed E-state index contributed by atoms with van der Waals surface area (Å²) in [7, 11) is 0. The molecule has 8 nitrogen and oxygen atoms in total. The molecule has 0 aliphatic heterocycles. The van der Waals surface area contributed by atoms with Crippen LogP contribution in [-0.2, 0) is 4.79 Å². The average Bonchev–Trinajstić information content (AvgIpc) is 2.80. The van der Waals surface area contributed by atoms with Crippen LogP contribution < -0.4 is 10.9 Å². The normalized spacial score (nSPS) is 10.8. The predicted octanol–water partition coefficient (Wildman–Crippen LogP) is 4.99. The van der Waals surface area contributed by atoms with Crippen molar-refractivity contribution in [2.45, 2.75) is 12.1 Å². The molecule has 0 saturated carbocycles. The number of anilines is 1. The van der Waals surface area contributed by atoms with Crippen LogP contribution in [-0.4, -0.2) is 26.1 Å². The summed E-state index contributed by atoms with van der Waals surface area (Å²) in [6.45, 7) is 1.86. The van der Waals surface area contributed by atoms with E-state index in [1.807, 2.05) is 13.0 Å². The molecular formula is C23H17ClN4O4S. The lowest BCUT2D eigenvalue weighted by Crippen LogP contribution is -2.23. The fourth-order valence-electron chi connectivity index (χ4n) is 3.18. The van der Waals surface area contributed by atoms with E-state index in [1.165, 1.54) is 22.8 Å². The van der Waals surface area contributed by atoms with Crippen molar-refractivity contribution < 1.29 is 9.72 Å². The van der Waals surface area contributed by atoms with E-state index < -0.39 is 10.8 Å². The van der Waals surface area contributed by atoms with E-state index >= 15 is 0 Å². The lowest BCUT2D eigenvalue weighted by Gasteiger charge is -2.14. The lowest BCUT2D eigenvalue weighted by atomic mass is 10.2. The van der Waals surface area contributed by atoms with Gasteiger partial charge in [0.05, 0.1) is 27.3 Å². The number of aryl methyl sites for hydroxylation is 1. The van der Waals surface area contributed by atoms with Gasteiger partial charge in [-0.15, -0.1) is 0 Å². The zero-order chi connectivity index (χ0) is 23.5. The first kappa shape index (κ1) is 22.5. The van der Waals surface area contributed by atoms with Gasteiger partial charge in [-0.2, -0.15) is 0 Å². The van der Waals surface area contributed by atoms with Crippen molar-refractivity contribution in [2.75, 3.05) is 11.1 Å². The van der Waals surface area contributed by atoms with Crippen molar-refractivity contribution in [1.29, 1.82) is 0 Å². The van der Waals surface area contributed by atoms with E-state index in [0.29, 0.717) is 32.5 Å². The summed E-state index contributed by atoms with van der Waals surface area (Å²) in [5.74, 6) is -0.455. The molecule has 4 aromatic rings. The molecule has 0 unspecified atom stereocenters. The second kappa shape index (κ2) is 9.43. The maximum Gasteiger partial charge on any atom is 0.271 e. The van der Waals surface area contributed by atoms with Gasteiger partial charge in [0, 0.05) is 22.8 Å². The highest BCUT2D eigenvalue weighted by atomic mass is 35.5. The van der Waals surface area contributed by atoms with Gasteiger partial charge in [-0.3, -0.25) is 24.3 Å². The molecule has 0 fully saturated rings. The maximum atomic E-state index is 13.3. The van der Waals surface area contributed by atoms with E-state index in [0.717, 1.165) is 17.3 Å². The number of nitrogens with one attached hydrogen (secondary N) is 1. The van der Waals surface area contributed by atoms with Crippen LogP contribution in [0.15, 0.2) is 76.7 Å². The van der Waals surface area contributed by atoms with Gasteiger partial charge in [0.15, 0.2) is 5.16 Å². The molecule has 0 bridgehead atoms. The van der Waals surface area contributed by atoms with Crippen molar-refractivity contribution >= 4 is 51.5 Å². The standard InChI is InChI=1S/C23H17ClN4O4S/c1-14-9-10-16(12-19(14)24)27-22(30)18-7-2-3-8-20(18)26-23(27)33-13-21(29)25-15-5-4-6-17(11-15)28(31)32/h2-12H,13H2,1H3,(H,25,29). The van der Waals surface area contributed by atoms with E-state index in [-0.39, 0.29) is 17.0 Å². The van der Waals surface area contributed by atoms with Crippen LogP contribution in [0.5, 0.6) is 0 Å². The highest BCUT2D eigenvalue weighted by Gasteiger charge is 2.16. The maximum absolute atomic E-state index is 13.3. The number of benzene rings is 3. The number of thioether (sulfide) groups is 1. The Morgan fingerprint density at radius 2 is 1.94 bits per heavy atom. The fraction of sp³-hybridized carbons (Fsp3) is 0.0870. The number of aromatic nitrogens is 2. The molecule has 10 heteroatoms. The van der Waals surface area contributed by atoms with Crippen LogP contribution in [0.4, 0.5) is 11.4 Å². The van der Waals surface area contributed by atoms with Gasteiger partial charge in [0.2, 0.25) is 5.91 Å². The van der Waals surface area contributed by atoms with Crippen LogP contribution in [0.2, 0.25) is 5.02 Å². The summed E-state index contributed by atoms with van der Waals surface area (Å²) in [5.41, 5.74) is 1.83. The molecule has 0 saturated heterocycles. The van der Waals surface area contributed by atoms with Gasteiger partial charge in [-0.05, 0) is 42.8 Å². The lowest BCUT2D eigenvalue weighted by molar-refractivity contribution is -0.384. The number of fused-ring (bicyclic) bond motifs is 1. The Hall–Kier alpha value is -3.69. The Kier molecular flexibility index (Phi) is 6.43. The first-order valence-corrected chi connectivity index (χ1v) is 11.2. The monoisotopic (exact) mass is 480 g/mol. The number of halogens is 1. The van der Waals surface area contributed by atoms with Crippen molar-refractivity contribution in [3.8, 4) is 5.69 Å². The van der Waals surface area contributed by atoms with Gasteiger partial charge in [-0.25, -0.2) is 4.98 Å². The SMILES string of the molecule is Cc1ccc(-n2c(SCC(=O)Nc3cccc([N+](=O)[O-])c3)nc3ccccc3c2=O)cc1Cl. The zero-order valence-corrected chi connectivity index (χ0v) is 18.9. The predicted molar refractivity (Wildman–Crippen MR) is 130 cm³/mol. The first-order chi connectivity index (χ1) is 15.8. The van der Waals surface area contributed by atoms with Crippen molar-refractivity contribution in [1.82, 2.24) is 9.55 Å². The molecule has 33 heavy (non-hydrogen) atoms. The number of rotatable bonds is 6. The minimum Gasteiger partial charge on any atom is -0.325 e. The fourth-order valence-corrected chi connectivity index (χ4v) is 4.17. The number of nitro benzene ring substituents is 1. The third-order valence-electron chi connectivity index (χ3n) is 4.83. The summed E-state index contributed by atoms with van der Waals surface area (Å²) in [5, 5.41) is 14.9. The third kappa shape index (κ3) is 4.89. The smallest absolute Gasteiger partial charge is 0.271 e. The molecule has 1 amide bonds. The Balaban J connectivity index is 1.66. The zero-order valence-electron chi connectivity index (χ0n) is 17.3. The highest BCUT2D eigenvalue weighted by molar-refractivity contribution is 7.99. The van der Waals surface area contributed by atoms with Crippen LogP contribution in [0.3, 0.4) is 0 Å². The molecule has 0 aliphatic carbocycles. The molecular weight excluding hydrogens is 464 g/mol. The molecule has 1 aromatic heterocycles. The van der Waals surface area contributed by atoms with Crippen molar-refractivity contribution in [2.24, 2.45) is 0 Å². The molecule has 166 valence electrons. The van der Waals surface area contributed by atoms with Gasteiger partial charge in [0.1, 0.15) is 0 Å². The summed E-state index contributed by atoms with van der Waals surface area (Å²) in [4.78, 5) is 40.8. The molecule has 0 atom stereocenters. The molecule has 0 radical (unpaired) electrons. The number of carbonyl (C=O) groups excluding carboxylic acids is 1. The highest BCUT2D eigenvalue weighted by Crippen LogP contribution is 2.25. The number of non-ortho nitro benzene ring substituents is 1. The second-order valence-electron chi connectivity index (χ2n) is 7.13. The summed E-state index contributed by atoms with van der Waals surface area (Å²) in [6, 6.07) is 17.9. The van der Waals surface area contributed by atoms with E-state index in [2.05, 4.69) is 10.3 Å². The van der Waals surface area contributed by atoms with Gasteiger partial charge in [-0.1, -0.05) is 47.6 Å². The summed E-state index contributed by atoms with van der Waals surface area (Å²) < 4.78 is 1.43. The van der Waals surface area contributed by atoms with Crippen molar-refractivity contribution in [3.05, 3.63) is 97.8 Å². The van der Waals surface area contributed by atoms with Gasteiger partial charge < -0.3 is 5.32 Å². The number of nitrogens with zero attached hydrogens (tertiary/aromatic N) is 3. The molecule has 0 aliphatic rings. The molecule has 1 N–H and O–H groups in total. The van der Waals surface area contributed by atoms with Crippen molar-refractivity contribution in [3.63, 3.8) is 0 Å².